The van der Waals surface area contributed by atoms with Crippen LogP contribution in [0.15, 0.2) is 6.07 Å². The molecule has 0 radical (unpaired) electrons. The summed E-state index contributed by atoms with van der Waals surface area (Å²) in [5.41, 5.74) is 1.95. The molecule has 1 aromatic rings. The summed E-state index contributed by atoms with van der Waals surface area (Å²) in [7, 11) is 1.93. The van der Waals surface area contributed by atoms with Crippen molar-refractivity contribution in [3.05, 3.63) is 17.5 Å². The van der Waals surface area contributed by atoms with Gasteiger partial charge >= 0.3 is 0 Å². The van der Waals surface area contributed by atoms with Gasteiger partial charge in [0.15, 0.2) is 0 Å². The van der Waals surface area contributed by atoms with Crippen molar-refractivity contribution < 1.29 is 5.11 Å². The van der Waals surface area contributed by atoms with Gasteiger partial charge in [0.2, 0.25) is 5.95 Å². The van der Waals surface area contributed by atoms with Crippen LogP contribution in [-0.4, -0.2) is 35.3 Å². The Bertz CT molecular complexity index is 281. The minimum atomic E-state index is 0.204. The van der Waals surface area contributed by atoms with Crippen LogP contribution in [0.2, 0.25) is 0 Å². The van der Waals surface area contributed by atoms with Crippen molar-refractivity contribution in [2.75, 3.05) is 25.1 Å². The first-order valence-corrected chi connectivity index (χ1v) is 4.78. The molecule has 0 aromatic carbocycles. The Labute approximate surface area is 84.6 Å². The monoisotopic (exact) mass is 195 g/mol. The number of aromatic nitrogens is 2. The predicted molar refractivity (Wildman–Crippen MR) is 56.5 cm³/mol. The highest BCUT2D eigenvalue weighted by molar-refractivity contribution is 5.30. The second kappa shape index (κ2) is 4.91. The minimum absolute atomic E-state index is 0.204. The van der Waals surface area contributed by atoms with Crippen molar-refractivity contribution in [1.29, 1.82) is 0 Å². The van der Waals surface area contributed by atoms with Crippen LogP contribution in [0, 0.1) is 13.8 Å². The smallest absolute Gasteiger partial charge is 0.225 e. The number of aliphatic hydroxyl groups is 1. The SMILES string of the molecule is Cc1cc(C)nc(N(C)CCCO)n1. The molecule has 0 saturated carbocycles. The largest absolute Gasteiger partial charge is 0.396 e. The Kier molecular flexibility index (Phi) is 3.83. The highest BCUT2D eigenvalue weighted by atomic mass is 16.3. The van der Waals surface area contributed by atoms with E-state index in [1.165, 1.54) is 0 Å². The summed E-state index contributed by atoms with van der Waals surface area (Å²) < 4.78 is 0. The van der Waals surface area contributed by atoms with Gasteiger partial charge in [0, 0.05) is 31.6 Å². The van der Waals surface area contributed by atoms with Crippen LogP contribution in [0.3, 0.4) is 0 Å². The van der Waals surface area contributed by atoms with Crippen molar-refractivity contribution >= 4 is 5.95 Å². The van der Waals surface area contributed by atoms with E-state index < -0.39 is 0 Å². The zero-order valence-corrected chi connectivity index (χ0v) is 8.99. The van der Waals surface area contributed by atoms with Gasteiger partial charge in [-0.25, -0.2) is 9.97 Å². The molecule has 4 heteroatoms. The lowest BCUT2D eigenvalue weighted by Gasteiger charge is -2.16. The van der Waals surface area contributed by atoms with E-state index in [0.29, 0.717) is 0 Å². The molecule has 0 aliphatic carbocycles. The Morgan fingerprint density at radius 3 is 2.36 bits per heavy atom. The Morgan fingerprint density at radius 1 is 1.29 bits per heavy atom. The molecule has 14 heavy (non-hydrogen) atoms. The van der Waals surface area contributed by atoms with Gasteiger partial charge in [-0.05, 0) is 26.3 Å². The van der Waals surface area contributed by atoms with E-state index in [9.17, 15) is 0 Å². The van der Waals surface area contributed by atoms with E-state index in [-0.39, 0.29) is 6.61 Å². The lowest BCUT2D eigenvalue weighted by atomic mass is 10.3. The maximum absolute atomic E-state index is 8.70. The molecule has 0 amide bonds. The number of aliphatic hydroxyl groups excluding tert-OH is 1. The fourth-order valence-electron chi connectivity index (χ4n) is 1.29. The van der Waals surface area contributed by atoms with Gasteiger partial charge in [0.1, 0.15) is 0 Å². The van der Waals surface area contributed by atoms with E-state index in [4.69, 9.17) is 5.11 Å². The first-order chi connectivity index (χ1) is 6.63. The number of rotatable bonds is 4. The topological polar surface area (TPSA) is 49.2 Å². The zero-order chi connectivity index (χ0) is 10.6. The summed E-state index contributed by atoms with van der Waals surface area (Å²) in [5, 5.41) is 8.70. The average Bonchev–Trinajstić information content (AvgIpc) is 2.12. The molecular weight excluding hydrogens is 178 g/mol. The summed E-state index contributed by atoms with van der Waals surface area (Å²) in [6, 6.07) is 1.95. The summed E-state index contributed by atoms with van der Waals surface area (Å²) >= 11 is 0. The Morgan fingerprint density at radius 2 is 1.86 bits per heavy atom. The highest BCUT2D eigenvalue weighted by Gasteiger charge is 2.04. The molecule has 0 unspecified atom stereocenters. The fraction of sp³-hybridized carbons (Fsp3) is 0.600. The van der Waals surface area contributed by atoms with E-state index >= 15 is 0 Å². The van der Waals surface area contributed by atoms with Gasteiger partial charge in [-0.1, -0.05) is 0 Å². The number of hydrogen-bond acceptors (Lipinski definition) is 4. The van der Waals surface area contributed by atoms with Crippen molar-refractivity contribution in [3.63, 3.8) is 0 Å². The van der Waals surface area contributed by atoms with Crippen LogP contribution in [0.4, 0.5) is 5.95 Å². The lowest BCUT2D eigenvalue weighted by Crippen LogP contribution is -2.22. The molecule has 1 N–H and O–H groups in total. The van der Waals surface area contributed by atoms with Crippen molar-refractivity contribution in [2.24, 2.45) is 0 Å². The van der Waals surface area contributed by atoms with E-state index in [1.807, 2.05) is 31.9 Å². The van der Waals surface area contributed by atoms with Crippen LogP contribution in [0.25, 0.3) is 0 Å². The van der Waals surface area contributed by atoms with Gasteiger partial charge in [-0.2, -0.15) is 0 Å². The summed E-state index contributed by atoms with van der Waals surface area (Å²) in [6.07, 6.45) is 0.743. The maximum atomic E-state index is 8.70. The normalized spacial score (nSPS) is 10.3. The molecule has 0 aliphatic heterocycles. The first-order valence-electron chi connectivity index (χ1n) is 4.78. The molecule has 1 aromatic heterocycles. The van der Waals surface area contributed by atoms with Crippen molar-refractivity contribution in [3.8, 4) is 0 Å². The number of aryl methyl sites for hydroxylation is 2. The molecule has 0 saturated heterocycles. The Hall–Kier alpha value is -1.16. The van der Waals surface area contributed by atoms with Gasteiger partial charge < -0.3 is 10.0 Å². The van der Waals surface area contributed by atoms with Crippen LogP contribution in [0.1, 0.15) is 17.8 Å². The molecule has 4 nitrogen and oxygen atoms in total. The molecule has 0 aliphatic rings. The van der Waals surface area contributed by atoms with E-state index in [0.717, 1.165) is 30.3 Å². The summed E-state index contributed by atoms with van der Waals surface area (Å²) in [6.45, 7) is 4.89. The molecule has 78 valence electrons. The van der Waals surface area contributed by atoms with Crippen LogP contribution >= 0.6 is 0 Å². The van der Waals surface area contributed by atoms with Crippen molar-refractivity contribution in [2.45, 2.75) is 20.3 Å². The van der Waals surface area contributed by atoms with Gasteiger partial charge in [0.05, 0.1) is 0 Å². The van der Waals surface area contributed by atoms with Crippen LogP contribution in [-0.2, 0) is 0 Å². The average molecular weight is 195 g/mol. The molecule has 1 heterocycles. The minimum Gasteiger partial charge on any atom is -0.396 e. The molecule has 1 rings (SSSR count). The highest BCUT2D eigenvalue weighted by Crippen LogP contribution is 2.08. The first kappa shape index (κ1) is 10.9. The van der Waals surface area contributed by atoms with E-state index in [1.54, 1.807) is 0 Å². The standard InChI is InChI=1S/C10H17N3O/c1-8-7-9(2)12-10(11-8)13(3)5-4-6-14/h7,14H,4-6H2,1-3H3. The molecule has 0 bridgehead atoms. The quantitative estimate of drug-likeness (QED) is 0.776. The third-order valence-corrected chi connectivity index (χ3v) is 1.96. The third kappa shape index (κ3) is 2.96. The number of hydrogen-bond donors (Lipinski definition) is 1. The van der Waals surface area contributed by atoms with Crippen molar-refractivity contribution in [1.82, 2.24) is 9.97 Å². The Balaban J connectivity index is 2.73. The van der Waals surface area contributed by atoms with Gasteiger partial charge in [0.25, 0.3) is 0 Å². The van der Waals surface area contributed by atoms with E-state index in [2.05, 4.69) is 9.97 Å². The molecular formula is C10H17N3O. The predicted octanol–water partition coefficient (Wildman–Crippen LogP) is 0.912. The fourth-order valence-corrected chi connectivity index (χ4v) is 1.29. The third-order valence-electron chi connectivity index (χ3n) is 1.96. The lowest BCUT2D eigenvalue weighted by molar-refractivity contribution is 0.290. The van der Waals surface area contributed by atoms with Crippen LogP contribution < -0.4 is 4.90 Å². The number of anilines is 1. The number of nitrogens with zero attached hydrogens (tertiary/aromatic N) is 3. The summed E-state index contributed by atoms with van der Waals surface area (Å²) in [4.78, 5) is 10.6. The van der Waals surface area contributed by atoms with Crippen LogP contribution in [0.5, 0.6) is 0 Å². The van der Waals surface area contributed by atoms with Gasteiger partial charge in [-0.15, -0.1) is 0 Å². The maximum Gasteiger partial charge on any atom is 0.225 e. The van der Waals surface area contributed by atoms with Gasteiger partial charge in [-0.3, -0.25) is 0 Å². The molecule has 0 atom stereocenters. The summed E-state index contributed by atoms with van der Waals surface area (Å²) in [5.74, 6) is 0.732. The second-order valence-corrected chi connectivity index (χ2v) is 3.45. The molecule has 0 fully saturated rings. The molecule has 0 spiro atoms. The zero-order valence-electron chi connectivity index (χ0n) is 8.99. The second-order valence-electron chi connectivity index (χ2n) is 3.45.